The molecule has 4 nitrogen and oxygen atoms in total. The fourth-order valence-corrected chi connectivity index (χ4v) is 3.22. The fourth-order valence-electron chi connectivity index (χ4n) is 1.02. The Balaban J connectivity index is 2.91. The molecule has 84 valence electrons. The molecule has 0 amide bonds. The molecule has 14 heavy (non-hydrogen) atoms. The van der Waals surface area contributed by atoms with Gasteiger partial charge in [-0.25, -0.2) is 9.76 Å². The van der Waals surface area contributed by atoms with E-state index in [2.05, 4.69) is 5.09 Å². The van der Waals surface area contributed by atoms with E-state index >= 15 is 0 Å². The highest BCUT2D eigenvalue weighted by Gasteiger charge is 2.32. The van der Waals surface area contributed by atoms with Crippen molar-refractivity contribution >= 4 is 30.9 Å². The number of rotatable bonds is 5. The predicted octanol–water partition coefficient (Wildman–Crippen LogP) is 1.88. The molecule has 1 N–H and O–H groups in total. The molecular formula is C7H15Cl2N2O2P. The first-order valence-electron chi connectivity index (χ1n) is 6.10. The lowest BCUT2D eigenvalue weighted by atomic mass is 10.5. The number of hydrogen-bond acceptors (Lipinski definition) is 2. The second-order valence-electron chi connectivity index (χ2n) is 2.54. The van der Waals surface area contributed by atoms with Crippen LogP contribution in [-0.4, -0.2) is 42.6 Å². The average Bonchev–Trinajstić information content (AvgIpc) is 2.24. The highest BCUT2D eigenvalue weighted by molar-refractivity contribution is 7.54. The zero-order valence-electron chi connectivity index (χ0n) is 11.5. The second-order valence-corrected chi connectivity index (χ2v) is 5.38. The molecule has 1 saturated heterocycles. The Bertz CT molecular complexity index is 341. The second kappa shape index (κ2) is 6.31. The quantitative estimate of drug-likeness (QED) is 0.608. The third-order valence-electron chi connectivity index (χ3n) is 1.65. The van der Waals surface area contributed by atoms with Crippen LogP contribution in [0.3, 0.4) is 0 Å². The van der Waals surface area contributed by atoms with Crippen molar-refractivity contribution in [1.82, 2.24) is 9.76 Å². The van der Waals surface area contributed by atoms with Gasteiger partial charge >= 0.3 is 7.67 Å². The van der Waals surface area contributed by atoms with Crippen LogP contribution in [0.2, 0.25) is 0 Å². The Morgan fingerprint density at radius 3 is 2.64 bits per heavy atom. The van der Waals surface area contributed by atoms with Gasteiger partial charge in [-0.3, -0.25) is 4.57 Å². The molecule has 1 aliphatic heterocycles. The summed E-state index contributed by atoms with van der Waals surface area (Å²) in [6, 6.07) is 0. The number of nitrogens with one attached hydrogen (secondary N) is 1. The normalized spacial score (nSPS) is 39.6. The summed E-state index contributed by atoms with van der Waals surface area (Å²) >= 11 is 11.2. The van der Waals surface area contributed by atoms with Crippen molar-refractivity contribution in [2.75, 3.05) is 38.0 Å². The molecule has 0 saturated carbocycles. The zero-order valence-corrected chi connectivity index (χ0v) is 9.91. The van der Waals surface area contributed by atoms with E-state index in [9.17, 15) is 4.57 Å². The fraction of sp³-hybridized carbons (Fsp3) is 1.00. The minimum atomic E-state index is -3.66. The molecule has 0 aromatic rings. The van der Waals surface area contributed by atoms with Crippen molar-refractivity contribution < 1.29 is 14.6 Å². The van der Waals surface area contributed by atoms with Gasteiger partial charge in [0.1, 0.15) is 0 Å². The summed E-state index contributed by atoms with van der Waals surface area (Å²) in [4.78, 5) is 0. The SMILES string of the molecule is [2H]C1([2H])COP(=O)(N(CCCl)CCCl)NC1([2H])[2H]. The maximum absolute atomic E-state index is 12.5. The highest BCUT2D eigenvalue weighted by Crippen LogP contribution is 2.47. The highest BCUT2D eigenvalue weighted by atomic mass is 35.5. The molecule has 1 rings (SSSR count). The van der Waals surface area contributed by atoms with Gasteiger partial charge in [-0.05, 0) is 6.37 Å². The standard InChI is InChI=1S/C7H15Cl2N2O2P/c8-2-5-11(6-3-9)14(12)10-4-1-7-13-14/h1-7H2,(H,10,12)/i1D2,4D2. The summed E-state index contributed by atoms with van der Waals surface area (Å²) in [5.41, 5.74) is 0. The third kappa shape index (κ3) is 3.37. The molecule has 0 aliphatic carbocycles. The zero-order chi connectivity index (χ0) is 14.0. The minimum absolute atomic E-state index is 0.182. The molecule has 0 bridgehead atoms. The van der Waals surface area contributed by atoms with E-state index in [0.717, 1.165) is 0 Å². The number of hydrogen-bond donors (Lipinski definition) is 1. The summed E-state index contributed by atoms with van der Waals surface area (Å²) < 4.78 is 48.9. The van der Waals surface area contributed by atoms with Crippen LogP contribution in [0.15, 0.2) is 0 Å². The van der Waals surface area contributed by atoms with E-state index in [0.29, 0.717) is 0 Å². The van der Waals surface area contributed by atoms with Crippen LogP contribution in [0, 0.1) is 0 Å². The first-order chi connectivity index (χ1) is 8.18. The van der Waals surface area contributed by atoms with Crippen molar-refractivity contribution in [2.24, 2.45) is 0 Å². The van der Waals surface area contributed by atoms with Crippen LogP contribution < -0.4 is 5.09 Å². The van der Waals surface area contributed by atoms with E-state index in [1.807, 2.05) is 0 Å². The van der Waals surface area contributed by atoms with Gasteiger partial charge in [0.15, 0.2) is 0 Å². The predicted molar refractivity (Wildman–Crippen MR) is 59.2 cm³/mol. The van der Waals surface area contributed by atoms with Crippen LogP contribution in [0.1, 0.15) is 11.9 Å². The summed E-state index contributed by atoms with van der Waals surface area (Å²) in [6.07, 6.45) is -2.26. The molecule has 1 atom stereocenters. The first-order valence-corrected chi connectivity index (χ1v) is 6.74. The molecule has 0 spiro atoms. The van der Waals surface area contributed by atoms with Crippen molar-refractivity contribution in [3.63, 3.8) is 0 Å². The van der Waals surface area contributed by atoms with Crippen molar-refractivity contribution in [2.45, 2.75) is 6.37 Å². The molecule has 1 aliphatic rings. The van der Waals surface area contributed by atoms with Gasteiger partial charge < -0.3 is 4.52 Å². The van der Waals surface area contributed by atoms with Gasteiger partial charge in [0.25, 0.3) is 0 Å². The molecule has 1 fully saturated rings. The molecule has 7 heteroatoms. The molecule has 0 radical (unpaired) electrons. The average molecular weight is 265 g/mol. The van der Waals surface area contributed by atoms with E-state index in [1.54, 1.807) is 0 Å². The lowest BCUT2D eigenvalue weighted by Gasteiger charge is -2.33. The Hall–Kier alpha value is 0.690. The maximum Gasteiger partial charge on any atom is 0.343 e. The van der Waals surface area contributed by atoms with Gasteiger partial charge in [-0.15, -0.1) is 23.2 Å². The van der Waals surface area contributed by atoms with E-state index in [-0.39, 0.29) is 24.8 Å². The molecule has 0 aromatic heterocycles. The van der Waals surface area contributed by atoms with E-state index < -0.39 is 27.1 Å². The lowest BCUT2D eigenvalue weighted by molar-refractivity contribution is 0.233. The van der Waals surface area contributed by atoms with Gasteiger partial charge in [-0.1, -0.05) is 0 Å². The summed E-state index contributed by atoms with van der Waals surface area (Å²) in [5.74, 6) is 0.365. The van der Waals surface area contributed by atoms with Crippen LogP contribution in [0.25, 0.3) is 0 Å². The number of alkyl halides is 2. The van der Waals surface area contributed by atoms with Gasteiger partial charge in [0.05, 0.1) is 6.61 Å². The molecule has 0 aromatic carbocycles. The number of nitrogens with zero attached hydrogens (tertiary/aromatic N) is 1. The largest absolute Gasteiger partial charge is 0.343 e. The smallest absolute Gasteiger partial charge is 0.306 e. The van der Waals surface area contributed by atoms with Gasteiger partial charge in [-0.2, -0.15) is 0 Å². The Kier molecular flexibility index (Phi) is 3.55. The monoisotopic (exact) mass is 264 g/mol. The molecule has 1 unspecified atom stereocenters. The van der Waals surface area contributed by atoms with Crippen molar-refractivity contribution in [1.29, 1.82) is 0 Å². The van der Waals surface area contributed by atoms with E-state index in [1.165, 1.54) is 4.67 Å². The Labute approximate surface area is 100 Å². The number of halogens is 2. The first kappa shape index (κ1) is 7.88. The molecular weight excluding hydrogens is 246 g/mol. The maximum atomic E-state index is 12.5. The van der Waals surface area contributed by atoms with Crippen LogP contribution in [0.5, 0.6) is 0 Å². The minimum Gasteiger partial charge on any atom is -0.306 e. The Morgan fingerprint density at radius 1 is 1.50 bits per heavy atom. The van der Waals surface area contributed by atoms with Crippen molar-refractivity contribution in [3.05, 3.63) is 0 Å². The van der Waals surface area contributed by atoms with Crippen LogP contribution in [0.4, 0.5) is 0 Å². The molecule has 1 heterocycles. The summed E-state index contributed by atoms with van der Waals surface area (Å²) in [6.45, 7) is -2.63. The van der Waals surface area contributed by atoms with Gasteiger partial charge in [0, 0.05) is 36.8 Å². The Morgan fingerprint density at radius 2 is 2.14 bits per heavy atom. The van der Waals surface area contributed by atoms with E-state index in [4.69, 9.17) is 33.2 Å². The van der Waals surface area contributed by atoms with Crippen LogP contribution >= 0.6 is 30.9 Å². The summed E-state index contributed by atoms with van der Waals surface area (Å²) in [7, 11) is -3.66. The van der Waals surface area contributed by atoms with Crippen LogP contribution in [-0.2, 0) is 9.09 Å². The topological polar surface area (TPSA) is 41.6 Å². The third-order valence-corrected chi connectivity index (χ3v) is 4.01. The summed E-state index contributed by atoms with van der Waals surface area (Å²) in [5, 5.41) is 2.13. The van der Waals surface area contributed by atoms with Gasteiger partial charge in [0.2, 0.25) is 0 Å². The lowest BCUT2D eigenvalue weighted by Crippen LogP contribution is -2.35. The van der Waals surface area contributed by atoms with Crippen molar-refractivity contribution in [3.8, 4) is 0 Å².